The van der Waals surface area contributed by atoms with Crippen molar-refractivity contribution in [1.29, 1.82) is 0 Å². The van der Waals surface area contributed by atoms with E-state index in [4.69, 9.17) is 0 Å². The molecule has 0 aliphatic rings. The van der Waals surface area contributed by atoms with Crippen LogP contribution in [0.4, 0.5) is 0 Å². The van der Waals surface area contributed by atoms with Gasteiger partial charge >= 0.3 is 0 Å². The lowest BCUT2D eigenvalue weighted by molar-refractivity contribution is 0.190. The van der Waals surface area contributed by atoms with Crippen molar-refractivity contribution in [2.75, 3.05) is 26.2 Å². The Kier molecular flexibility index (Phi) is 29.4. The quantitative estimate of drug-likeness (QED) is 0.0551. The average Bonchev–Trinajstić information content (AvgIpc) is 2.94. The van der Waals surface area contributed by atoms with Crippen LogP contribution in [0.5, 0.6) is 0 Å². The van der Waals surface area contributed by atoms with Crippen molar-refractivity contribution in [3.8, 4) is 0 Å². The molecule has 0 fully saturated rings. The Labute approximate surface area is 246 Å². The monoisotopic (exact) mass is 546 g/mol. The first-order chi connectivity index (χ1) is 19.0. The van der Waals surface area contributed by atoms with E-state index >= 15 is 0 Å². The van der Waals surface area contributed by atoms with Crippen LogP contribution in [0.3, 0.4) is 0 Å². The number of aliphatic hydroxyl groups is 1. The van der Waals surface area contributed by atoms with Crippen LogP contribution in [0.1, 0.15) is 169 Å². The molecule has 0 spiro atoms. The van der Waals surface area contributed by atoms with E-state index < -0.39 is 0 Å². The van der Waals surface area contributed by atoms with Crippen molar-refractivity contribution in [3.05, 3.63) is 36.0 Å². The van der Waals surface area contributed by atoms with E-state index in [0.29, 0.717) is 12.5 Å². The van der Waals surface area contributed by atoms with Gasteiger partial charge in [-0.2, -0.15) is 0 Å². The molecule has 0 radical (unpaired) electrons. The highest BCUT2D eigenvalue weighted by molar-refractivity contribution is 5.14. The van der Waals surface area contributed by atoms with E-state index in [1.165, 1.54) is 152 Å². The molecule has 0 bridgehead atoms. The fraction of sp³-hybridized carbons (Fsp3) is 0.838. The minimum Gasteiger partial charge on any atom is -0.395 e. The van der Waals surface area contributed by atoms with Gasteiger partial charge in [0.1, 0.15) is 0 Å². The summed E-state index contributed by atoms with van der Waals surface area (Å²) in [4.78, 5) is 2.49. The van der Waals surface area contributed by atoms with Crippen molar-refractivity contribution in [1.82, 2.24) is 4.90 Å². The standard InChI is InChI=1S/C37H71NO/c1-6-8-9-10-11-15-19-24-29-36(4)37(5)30-25-20-17-22-27-32-38(33-34-39)31-26-21-16-13-12-14-18-23-28-35(3)7-2/h7,23,28,36,39H,5-6,8-22,24-27,29-34H2,1-4H3/b28-23-,35-7+. The highest BCUT2D eigenvalue weighted by atomic mass is 16.3. The lowest BCUT2D eigenvalue weighted by Crippen LogP contribution is -2.29. The molecule has 230 valence electrons. The zero-order chi connectivity index (χ0) is 28.8. The SMILES string of the molecule is C=C(CCCCCCCN(CCO)CCCCCCCC/C=C\C(C)=C\C)C(C)CCCCCCCCCC. The summed E-state index contributed by atoms with van der Waals surface area (Å²) in [5, 5.41) is 9.46. The molecule has 0 rings (SSSR count). The van der Waals surface area contributed by atoms with Gasteiger partial charge in [0, 0.05) is 6.54 Å². The van der Waals surface area contributed by atoms with E-state index in [0.717, 1.165) is 19.6 Å². The Balaban J connectivity index is 3.65. The van der Waals surface area contributed by atoms with E-state index in [1.54, 1.807) is 0 Å². The lowest BCUT2D eigenvalue weighted by Gasteiger charge is -2.21. The number of hydrogen-bond acceptors (Lipinski definition) is 2. The summed E-state index contributed by atoms with van der Waals surface area (Å²) in [6.45, 7) is 16.8. The summed E-state index contributed by atoms with van der Waals surface area (Å²) < 4.78 is 0. The molecule has 1 N–H and O–H groups in total. The largest absolute Gasteiger partial charge is 0.395 e. The van der Waals surface area contributed by atoms with Crippen LogP contribution in [0.25, 0.3) is 0 Å². The number of allylic oxidation sites excluding steroid dienone is 5. The Hall–Kier alpha value is -0.860. The third kappa shape index (κ3) is 27.1. The van der Waals surface area contributed by atoms with Gasteiger partial charge in [-0.15, -0.1) is 0 Å². The average molecular weight is 546 g/mol. The fourth-order valence-corrected chi connectivity index (χ4v) is 5.40. The van der Waals surface area contributed by atoms with Crippen LogP contribution in [0, 0.1) is 5.92 Å². The summed E-state index contributed by atoms with van der Waals surface area (Å²) in [7, 11) is 0. The van der Waals surface area contributed by atoms with Crippen LogP contribution in [0.2, 0.25) is 0 Å². The van der Waals surface area contributed by atoms with Gasteiger partial charge in [0.2, 0.25) is 0 Å². The summed E-state index contributed by atoms with van der Waals surface area (Å²) >= 11 is 0. The van der Waals surface area contributed by atoms with Crippen LogP contribution >= 0.6 is 0 Å². The normalized spacial score (nSPS) is 13.1. The Bertz CT molecular complexity index is 578. The van der Waals surface area contributed by atoms with Crippen molar-refractivity contribution in [2.24, 2.45) is 5.92 Å². The van der Waals surface area contributed by atoms with Crippen molar-refractivity contribution >= 4 is 0 Å². The van der Waals surface area contributed by atoms with Gasteiger partial charge in [-0.3, -0.25) is 0 Å². The van der Waals surface area contributed by atoms with Crippen LogP contribution < -0.4 is 0 Å². The minimum absolute atomic E-state index is 0.291. The molecule has 0 aromatic rings. The van der Waals surface area contributed by atoms with Gasteiger partial charge in [0.05, 0.1) is 6.61 Å². The van der Waals surface area contributed by atoms with E-state index in [-0.39, 0.29) is 0 Å². The molecule has 39 heavy (non-hydrogen) atoms. The number of aliphatic hydroxyl groups excluding tert-OH is 1. The highest BCUT2D eigenvalue weighted by Gasteiger charge is 2.07. The summed E-state index contributed by atoms with van der Waals surface area (Å²) in [6, 6.07) is 0. The minimum atomic E-state index is 0.291. The van der Waals surface area contributed by atoms with E-state index in [1.807, 2.05) is 0 Å². The molecule has 0 aliphatic carbocycles. The highest BCUT2D eigenvalue weighted by Crippen LogP contribution is 2.22. The van der Waals surface area contributed by atoms with Crippen molar-refractivity contribution in [3.63, 3.8) is 0 Å². The molecule has 2 nitrogen and oxygen atoms in total. The Morgan fingerprint density at radius 2 is 1.23 bits per heavy atom. The zero-order valence-corrected chi connectivity index (χ0v) is 27.3. The molecule has 0 saturated heterocycles. The molecular formula is C37H71NO. The van der Waals surface area contributed by atoms with Gasteiger partial charge in [0.15, 0.2) is 0 Å². The molecule has 0 amide bonds. The molecule has 0 heterocycles. The molecule has 2 heteroatoms. The lowest BCUT2D eigenvalue weighted by atomic mass is 9.92. The fourth-order valence-electron chi connectivity index (χ4n) is 5.40. The molecular weight excluding hydrogens is 474 g/mol. The van der Waals surface area contributed by atoms with Gasteiger partial charge in [-0.25, -0.2) is 0 Å². The predicted octanol–water partition coefficient (Wildman–Crippen LogP) is 11.6. The predicted molar refractivity (Wildman–Crippen MR) is 178 cm³/mol. The number of rotatable bonds is 30. The van der Waals surface area contributed by atoms with Gasteiger partial charge in [0.25, 0.3) is 0 Å². The maximum absolute atomic E-state index is 9.46. The summed E-state index contributed by atoms with van der Waals surface area (Å²) in [6.07, 6.45) is 36.4. The second-order valence-corrected chi connectivity index (χ2v) is 12.3. The first-order valence-electron chi connectivity index (χ1n) is 17.3. The van der Waals surface area contributed by atoms with Gasteiger partial charge in [-0.1, -0.05) is 146 Å². The second kappa shape index (κ2) is 30.1. The number of unbranched alkanes of at least 4 members (excludes halogenated alkanes) is 17. The topological polar surface area (TPSA) is 23.5 Å². The molecule has 1 unspecified atom stereocenters. The van der Waals surface area contributed by atoms with Crippen LogP contribution in [-0.4, -0.2) is 36.2 Å². The maximum Gasteiger partial charge on any atom is 0.0558 e. The first-order valence-corrected chi connectivity index (χ1v) is 17.3. The summed E-state index contributed by atoms with van der Waals surface area (Å²) in [5.74, 6) is 0.701. The van der Waals surface area contributed by atoms with Gasteiger partial charge < -0.3 is 10.0 Å². The van der Waals surface area contributed by atoms with Gasteiger partial charge in [-0.05, 0) is 77.8 Å². The zero-order valence-electron chi connectivity index (χ0n) is 27.3. The van der Waals surface area contributed by atoms with Crippen molar-refractivity contribution < 1.29 is 5.11 Å². The molecule has 0 saturated carbocycles. The first kappa shape index (κ1) is 38.1. The van der Waals surface area contributed by atoms with E-state index in [2.05, 4.69) is 57.4 Å². The molecule has 1 atom stereocenters. The molecule has 0 aliphatic heterocycles. The number of hydrogen-bond donors (Lipinski definition) is 1. The van der Waals surface area contributed by atoms with Crippen LogP contribution in [0.15, 0.2) is 36.0 Å². The molecule has 0 aromatic carbocycles. The third-order valence-corrected chi connectivity index (χ3v) is 8.51. The summed E-state index contributed by atoms with van der Waals surface area (Å²) in [5.41, 5.74) is 2.85. The van der Waals surface area contributed by atoms with E-state index in [9.17, 15) is 5.11 Å². The second-order valence-electron chi connectivity index (χ2n) is 12.3. The maximum atomic E-state index is 9.46. The Morgan fingerprint density at radius 3 is 1.79 bits per heavy atom. The molecule has 0 aromatic heterocycles. The number of nitrogens with zero attached hydrogens (tertiary/aromatic N) is 1. The van der Waals surface area contributed by atoms with Crippen molar-refractivity contribution in [2.45, 2.75) is 169 Å². The smallest absolute Gasteiger partial charge is 0.0558 e. The Morgan fingerprint density at radius 1 is 0.718 bits per heavy atom. The van der Waals surface area contributed by atoms with Crippen LogP contribution in [-0.2, 0) is 0 Å². The third-order valence-electron chi connectivity index (χ3n) is 8.51.